The van der Waals surface area contributed by atoms with Gasteiger partial charge >= 0.3 is 0 Å². The fourth-order valence-corrected chi connectivity index (χ4v) is 2.79. The van der Waals surface area contributed by atoms with Crippen molar-refractivity contribution in [1.82, 2.24) is 4.90 Å². The second kappa shape index (κ2) is 6.69. The Bertz CT molecular complexity index is 494. The predicted octanol–water partition coefficient (Wildman–Crippen LogP) is 3.10. The van der Waals surface area contributed by atoms with E-state index in [0.29, 0.717) is 24.6 Å². The molecule has 1 aliphatic heterocycles. The average molecular weight is 305 g/mol. The Morgan fingerprint density at radius 2 is 1.77 bits per heavy atom. The van der Waals surface area contributed by atoms with E-state index in [0.717, 1.165) is 18.6 Å². The number of nitrogens with zero attached hydrogens (tertiary/aromatic N) is 1. The van der Waals surface area contributed by atoms with Crippen molar-refractivity contribution in [1.29, 1.82) is 0 Å². The molecule has 1 heterocycles. The first kappa shape index (κ1) is 16.8. The van der Waals surface area contributed by atoms with E-state index in [2.05, 4.69) is 0 Å². The van der Waals surface area contributed by atoms with Gasteiger partial charge in [-0.2, -0.15) is 0 Å². The fourth-order valence-electron chi connectivity index (χ4n) is 2.79. The van der Waals surface area contributed by atoms with E-state index in [1.165, 1.54) is 0 Å². The van der Waals surface area contributed by atoms with Crippen LogP contribution >= 0.6 is 0 Å². The van der Waals surface area contributed by atoms with E-state index < -0.39 is 0 Å². The Morgan fingerprint density at radius 1 is 1.23 bits per heavy atom. The highest BCUT2D eigenvalue weighted by Crippen LogP contribution is 2.23. The summed E-state index contributed by atoms with van der Waals surface area (Å²) in [6.07, 6.45) is 1.45. The summed E-state index contributed by atoms with van der Waals surface area (Å²) < 4.78 is 5.77. The van der Waals surface area contributed by atoms with Crippen molar-refractivity contribution in [3.8, 4) is 5.75 Å². The van der Waals surface area contributed by atoms with Gasteiger partial charge in [-0.3, -0.25) is 4.79 Å². The zero-order chi connectivity index (χ0) is 16.3. The SMILES string of the molecule is CC(O)C1CCN(C(=O)c2ccc(OC(C)(C)C)cc2)CC1. The molecule has 0 spiro atoms. The molecule has 1 N–H and O–H groups in total. The number of carbonyl (C=O) groups is 1. The first-order chi connectivity index (χ1) is 10.3. The van der Waals surface area contributed by atoms with Crippen LogP contribution in [0.5, 0.6) is 5.75 Å². The van der Waals surface area contributed by atoms with Crippen molar-refractivity contribution in [2.45, 2.75) is 52.2 Å². The van der Waals surface area contributed by atoms with Crippen molar-refractivity contribution in [2.75, 3.05) is 13.1 Å². The van der Waals surface area contributed by atoms with Crippen molar-refractivity contribution in [3.63, 3.8) is 0 Å². The van der Waals surface area contributed by atoms with Gasteiger partial charge in [0.2, 0.25) is 0 Å². The third kappa shape index (κ3) is 4.47. The smallest absolute Gasteiger partial charge is 0.253 e. The molecule has 1 aromatic carbocycles. The Hall–Kier alpha value is -1.55. The molecule has 2 rings (SSSR count). The minimum atomic E-state index is -0.286. The first-order valence-corrected chi connectivity index (χ1v) is 8.03. The lowest BCUT2D eigenvalue weighted by Gasteiger charge is -2.33. The van der Waals surface area contributed by atoms with Crippen LogP contribution in [0.25, 0.3) is 0 Å². The van der Waals surface area contributed by atoms with Gasteiger partial charge in [-0.1, -0.05) is 0 Å². The highest BCUT2D eigenvalue weighted by molar-refractivity contribution is 5.94. The number of hydrogen-bond donors (Lipinski definition) is 1. The van der Waals surface area contributed by atoms with E-state index in [-0.39, 0.29) is 17.6 Å². The summed E-state index contributed by atoms with van der Waals surface area (Å²) in [6.45, 7) is 9.26. The quantitative estimate of drug-likeness (QED) is 0.933. The van der Waals surface area contributed by atoms with Crippen LogP contribution in [0.4, 0.5) is 0 Å². The summed E-state index contributed by atoms with van der Waals surface area (Å²) >= 11 is 0. The Balaban J connectivity index is 1.96. The van der Waals surface area contributed by atoms with Crippen LogP contribution in [0.15, 0.2) is 24.3 Å². The number of rotatable bonds is 3. The molecule has 1 fully saturated rings. The maximum absolute atomic E-state index is 12.5. The maximum atomic E-state index is 12.5. The van der Waals surface area contributed by atoms with Crippen LogP contribution in [-0.4, -0.2) is 40.7 Å². The van der Waals surface area contributed by atoms with E-state index in [1.807, 2.05) is 56.9 Å². The number of likely N-dealkylation sites (tertiary alicyclic amines) is 1. The second-order valence-electron chi connectivity index (χ2n) is 7.11. The monoisotopic (exact) mass is 305 g/mol. The molecule has 0 aromatic heterocycles. The molecule has 0 saturated carbocycles. The highest BCUT2D eigenvalue weighted by atomic mass is 16.5. The highest BCUT2D eigenvalue weighted by Gasteiger charge is 2.26. The van der Waals surface area contributed by atoms with Crippen LogP contribution in [0.1, 0.15) is 50.9 Å². The van der Waals surface area contributed by atoms with Gasteiger partial charge in [-0.05, 0) is 70.7 Å². The van der Waals surface area contributed by atoms with Gasteiger partial charge < -0.3 is 14.7 Å². The van der Waals surface area contributed by atoms with Gasteiger partial charge in [0.15, 0.2) is 0 Å². The largest absolute Gasteiger partial charge is 0.488 e. The lowest BCUT2D eigenvalue weighted by molar-refractivity contribution is 0.0521. The number of hydrogen-bond acceptors (Lipinski definition) is 3. The zero-order valence-corrected chi connectivity index (χ0v) is 14.0. The lowest BCUT2D eigenvalue weighted by atomic mass is 9.92. The van der Waals surface area contributed by atoms with E-state index in [1.54, 1.807) is 0 Å². The number of ether oxygens (including phenoxy) is 1. The van der Waals surface area contributed by atoms with Gasteiger partial charge in [-0.25, -0.2) is 0 Å². The summed E-state index contributed by atoms with van der Waals surface area (Å²) in [7, 11) is 0. The number of carbonyl (C=O) groups excluding carboxylic acids is 1. The number of aliphatic hydroxyl groups excluding tert-OH is 1. The normalized spacial score (nSPS) is 18.1. The molecule has 0 radical (unpaired) electrons. The molecule has 1 amide bonds. The van der Waals surface area contributed by atoms with Gasteiger partial charge in [0, 0.05) is 18.7 Å². The molecule has 1 aliphatic rings. The van der Waals surface area contributed by atoms with E-state index >= 15 is 0 Å². The van der Waals surface area contributed by atoms with Crippen molar-refractivity contribution in [2.24, 2.45) is 5.92 Å². The first-order valence-electron chi connectivity index (χ1n) is 8.03. The second-order valence-corrected chi connectivity index (χ2v) is 7.11. The molecule has 122 valence electrons. The molecule has 0 bridgehead atoms. The Morgan fingerprint density at radius 3 is 2.23 bits per heavy atom. The van der Waals surface area contributed by atoms with Crippen LogP contribution in [-0.2, 0) is 0 Å². The standard InChI is InChI=1S/C18H27NO3/c1-13(20)14-9-11-19(12-10-14)17(21)15-5-7-16(8-6-15)22-18(2,3)4/h5-8,13-14,20H,9-12H2,1-4H3. The number of amides is 1. The molecular weight excluding hydrogens is 278 g/mol. The number of piperidine rings is 1. The zero-order valence-electron chi connectivity index (χ0n) is 14.0. The van der Waals surface area contributed by atoms with Crippen LogP contribution in [0, 0.1) is 5.92 Å². The molecule has 22 heavy (non-hydrogen) atoms. The summed E-state index contributed by atoms with van der Waals surface area (Å²) in [5, 5.41) is 9.63. The Kier molecular flexibility index (Phi) is 5.12. The predicted molar refractivity (Wildman–Crippen MR) is 87.1 cm³/mol. The third-order valence-corrected chi connectivity index (χ3v) is 4.03. The topological polar surface area (TPSA) is 49.8 Å². The molecule has 1 aromatic rings. The summed E-state index contributed by atoms with van der Waals surface area (Å²) in [5.41, 5.74) is 0.450. The van der Waals surface area contributed by atoms with E-state index in [4.69, 9.17) is 4.74 Å². The average Bonchev–Trinajstić information content (AvgIpc) is 2.46. The summed E-state index contributed by atoms with van der Waals surface area (Å²) in [4.78, 5) is 14.4. The third-order valence-electron chi connectivity index (χ3n) is 4.03. The van der Waals surface area contributed by atoms with E-state index in [9.17, 15) is 9.90 Å². The van der Waals surface area contributed by atoms with Crippen LogP contribution < -0.4 is 4.74 Å². The van der Waals surface area contributed by atoms with Gasteiger partial charge in [0.05, 0.1) is 6.10 Å². The van der Waals surface area contributed by atoms with Gasteiger partial charge in [0.25, 0.3) is 5.91 Å². The van der Waals surface area contributed by atoms with Crippen molar-refractivity contribution < 1.29 is 14.6 Å². The summed E-state index contributed by atoms with van der Waals surface area (Å²) in [6, 6.07) is 7.34. The lowest BCUT2D eigenvalue weighted by Crippen LogP contribution is -2.40. The maximum Gasteiger partial charge on any atom is 0.253 e. The number of aliphatic hydroxyl groups is 1. The van der Waals surface area contributed by atoms with Crippen LogP contribution in [0.2, 0.25) is 0 Å². The van der Waals surface area contributed by atoms with Crippen LogP contribution in [0.3, 0.4) is 0 Å². The molecule has 1 saturated heterocycles. The van der Waals surface area contributed by atoms with Gasteiger partial charge in [0.1, 0.15) is 11.4 Å². The fraction of sp³-hybridized carbons (Fsp3) is 0.611. The molecular formula is C18H27NO3. The Labute approximate surface area is 133 Å². The molecule has 4 heteroatoms. The molecule has 1 atom stereocenters. The minimum Gasteiger partial charge on any atom is -0.488 e. The summed E-state index contributed by atoms with van der Waals surface area (Å²) in [5.74, 6) is 1.15. The van der Waals surface area contributed by atoms with Gasteiger partial charge in [-0.15, -0.1) is 0 Å². The number of benzene rings is 1. The van der Waals surface area contributed by atoms with Crippen molar-refractivity contribution in [3.05, 3.63) is 29.8 Å². The minimum absolute atomic E-state index is 0.0614. The molecule has 4 nitrogen and oxygen atoms in total. The molecule has 1 unspecified atom stereocenters. The van der Waals surface area contributed by atoms with Crippen molar-refractivity contribution >= 4 is 5.91 Å². The molecule has 0 aliphatic carbocycles.